The van der Waals surface area contributed by atoms with E-state index in [9.17, 15) is 0 Å². The molecule has 0 aromatic heterocycles. The van der Waals surface area contributed by atoms with E-state index < -0.39 is 0 Å². The van der Waals surface area contributed by atoms with Gasteiger partial charge in [0.1, 0.15) is 0 Å². The summed E-state index contributed by atoms with van der Waals surface area (Å²) in [5, 5.41) is 3.64. The van der Waals surface area contributed by atoms with Gasteiger partial charge in [-0.15, -0.1) is 0 Å². The van der Waals surface area contributed by atoms with Crippen LogP contribution in [0.2, 0.25) is 0 Å². The fourth-order valence-corrected chi connectivity index (χ4v) is 2.30. The van der Waals surface area contributed by atoms with Gasteiger partial charge >= 0.3 is 0 Å². The first-order valence-corrected chi connectivity index (χ1v) is 6.71. The van der Waals surface area contributed by atoms with E-state index in [-0.39, 0.29) is 0 Å². The van der Waals surface area contributed by atoms with Crippen LogP contribution in [0.1, 0.15) is 58.8 Å². The van der Waals surface area contributed by atoms with E-state index in [1.165, 1.54) is 44.9 Å². The van der Waals surface area contributed by atoms with Crippen LogP contribution in [-0.4, -0.2) is 25.3 Å². The zero-order valence-corrected chi connectivity index (χ0v) is 10.4. The van der Waals surface area contributed by atoms with Gasteiger partial charge < -0.3 is 10.1 Å². The summed E-state index contributed by atoms with van der Waals surface area (Å²) >= 11 is 0. The minimum atomic E-state index is 0.563. The molecule has 0 bridgehead atoms. The van der Waals surface area contributed by atoms with Crippen LogP contribution in [-0.2, 0) is 4.74 Å². The van der Waals surface area contributed by atoms with Crippen LogP contribution in [0.3, 0.4) is 0 Å². The van der Waals surface area contributed by atoms with Crippen molar-refractivity contribution >= 4 is 0 Å². The van der Waals surface area contributed by atoms with Gasteiger partial charge in [0.15, 0.2) is 0 Å². The van der Waals surface area contributed by atoms with Crippen molar-refractivity contribution < 1.29 is 4.74 Å². The Morgan fingerprint density at radius 1 is 1.27 bits per heavy atom. The zero-order chi connectivity index (χ0) is 10.9. The van der Waals surface area contributed by atoms with Gasteiger partial charge in [-0.25, -0.2) is 0 Å². The van der Waals surface area contributed by atoms with Crippen LogP contribution >= 0.6 is 0 Å². The van der Waals surface area contributed by atoms with Gasteiger partial charge in [-0.3, -0.25) is 0 Å². The smallest absolute Gasteiger partial charge is 0.0576 e. The molecule has 15 heavy (non-hydrogen) atoms. The van der Waals surface area contributed by atoms with Gasteiger partial charge in [0.25, 0.3) is 0 Å². The van der Waals surface area contributed by atoms with Gasteiger partial charge in [-0.1, -0.05) is 20.3 Å². The quantitative estimate of drug-likeness (QED) is 0.669. The lowest BCUT2D eigenvalue weighted by Crippen LogP contribution is -2.30. The molecule has 1 heterocycles. The third-order valence-corrected chi connectivity index (χ3v) is 3.18. The third-order valence-electron chi connectivity index (χ3n) is 3.18. The molecule has 2 unspecified atom stereocenters. The highest BCUT2D eigenvalue weighted by Gasteiger charge is 2.17. The molecule has 90 valence electrons. The second-order valence-electron chi connectivity index (χ2n) is 4.65. The zero-order valence-electron chi connectivity index (χ0n) is 10.4. The highest BCUT2D eigenvalue weighted by atomic mass is 16.5. The Kier molecular flexibility index (Phi) is 7.03. The molecule has 0 aliphatic carbocycles. The Morgan fingerprint density at radius 3 is 2.73 bits per heavy atom. The number of hydrogen-bond acceptors (Lipinski definition) is 2. The predicted octanol–water partition coefficient (Wildman–Crippen LogP) is 3.11. The molecule has 0 amide bonds. The maximum atomic E-state index is 5.66. The van der Waals surface area contributed by atoms with Crippen LogP contribution in [0.5, 0.6) is 0 Å². The Balaban J connectivity index is 2.11. The van der Waals surface area contributed by atoms with Crippen molar-refractivity contribution in [3.8, 4) is 0 Å². The molecule has 1 aliphatic heterocycles. The third kappa shape index (κ3) is 5.53. The van der Waals surface area contributed by atoms with Crippen LogP contribution in [0.4, 0.5) is 0 Å². The van der Waals surface area contributed by atoms with Crippen LogP contribution in [0.25, 0.3) is 0 Å². The maximum Gasteiger partial charge on any atom is 0.0576 e. The highest BCUT2D eigenvalue weighted by Crippen LogP contribution is 2.18. The van der Waals surface area contributed by atoms with E-state index >= 15 is 0 Å². The topological polar surface area (TPSA) is 21.3 Å². The summed E-state index contributed by atoms with van der Waals surface area (Å²) in [5.74, 6) is 0. The van der Waals surface area contributed by atoms with Gasteiger partial charge in [-0.05, 0) is 45.1 Å². The summed E-state index contributed by atoms with van der Waals surface area (Å²) in [6.45, 7) is 6.66. The van der Waals surface area contributed by atoms with Crippen molar-refractivity contribution in [2.75, 3.05) is 13.2 Å². The molecule has 0 aromatic rings. The van der Waals surface area contributed by atoms with Crippen LogP contribution in [0.15, 0.2) is 0 Å². The molecule has 1 aliphatic rings. The van der Waals surface area contributed by atoms with Crippen LogP contribution in [0, 0.1) is 0 Å². The highest BCUT2D eigenvalue weighted by molar-refractivity contribution is 4.71. The molecule has 2 atom stereocenters. The molecule has 0 radical (unpaired) electrons. The predicted molar refractivity (Wildman–Crippen MR) is 65.2 cm³/mol. The lowest BCUT2D eigenvalue weighted by atomic mass is 10.0. The molecule has 1 N–H and O–H groups in total. The van der Waals surface area contributed by atoms with Crippen molar-refractivity contribution in [1.82, 2.24) is 5.32 Å². The molecule has 0 saturated carbocycles. The van der Waals surface area contributed by atoms with E-state index in [1.54, 1.807) is 0 Å². The first-order chi connectivity index (χ1) is 7.36. The lowest BCUT2D eigenvalue weighted by Gasteiger charge is -2.19. The summed E-state index contributed by atoms with van der Waals surface area (Å²) in [6.07, 6.45) is 9.49. The van der Waals surface area contributed by atoms with E-state index in [2.05, 4.69) is 19.2 Å². The van der Waals surface area contributed by atoms with E-state index in [0.717, 1.165) is 19.2 Å². The van der Waals surface area contributed by atoms with E-state index in [0.29, 0.717) is 6.10 Å². The van der Waals surface area contributed by atoms with Crippen molar-refractivity contribution in [3.63, 3.8) is 0 Å². The molecule has 0 aromatic carbocycles. The Hall–Kier alpha value is -0.0800. The molecule has 2 nitrogen and oxygen atoms in total. The number of rotatable bonds is 8. The minimum Gasteiger partial charge on any atom is -0.378 e. The van der Waals surface area contributed by atoms with Crippen molar-refractivity contribution in [2.45, 2.75) is 70.9 Å². The van der Waals surface area contributed by atoms with E-state index in [4.69, 9.17) is 4.74 Å². The standard InChI is InChI=1S/C13H27NO/c1-3-6-12(14-10-4-2)8-9-13-7-5-11-15-13/h12-14H,3-11H2,1-2H3. The van der Waals surface area contributed by atoms with Crippen molar-refractivity contribution in [1.29, 1.82) is 0 Å². The second-order valence-corrected chi connectivity index (χ2v) is 4.65. The molecule has 0 spiro atoms. The van der Waals surface area contributed by atoms with E-state index in [1.807, 2.05) is 0 Å². The largest absolute Gasteiger partial charge is 0.378 e. The lowest BCUT2D eigenvalue weighted by molar-refractivity contribution is 0.0992. The SMILES string of the molecule is CCCNC(CCC)CCC1CCCO1. The maximum absolute atomic E-state index is 5.66. The minimum absolute atomic E-state index is 0.563. The normalized spacial score (nSPS) is 23.2. The Labute approximate surface area is 94.8 Å². The van der Waals surface area contributed by atoms with Gasteiger partial charge in [0.05, 0.1) is 6.10 Å². The first-order valence-electron chi connectivity index (χ1n) is 6.71. The molecule has 2 heteroatoms. The average molecular weight is 213 g/mol. The Bertz CT molecular complexity index is 143. The summed E-state index contributed by atoms with van der Waals surface area (Å²) in [7, 11) is 0. The monoisotopic (exact) mass is 213 g/mol. The molecular formula is C13H27NO. The Morgan fingerprint density at radius 2 is 2.13 bits per heavy atom. The summed E-state index contributed by atoms with van der Waals surface area (Å²) in [4.78, 5) is 0. The molecule has 1 fully saturated rings. The second kappa shape index (κ2) is 8.12. The number of ether oxygens (including phenoxy) is 1. The van der Waals surface area contributed by atoms with Gasteiger partial charge in [0.2, 0.25) is 0 Å². The summed E-state index contributed by atoms with van der Waals surface area (Å²) in [6, 6.07) is 0.721. The van der Waals surface area contributed by atoms with Gasteiger partial charge in [-0.2, -0.15) is 0 Å². The fraction of sp³-hybridized carbons (Fsp3) is 1.00. The molecular weight excluding hydrogens is 186 g/mol. The van der Waals surface area contributed by atoms with Crippen molar-refractivity contribution in [2.24, 2.45) is 0 Å². The van der Waals surface area contributed by atoms with Crippen LogP contribution < -0.4 is 5.32 Å². The molecule has 1 rings (SSSR count). The first kappa shape index (κ1) is 13.0. The summed E-state index contributed by atoms with van der Waals surface area (Å²) in [5.41, 5.74) is 0. The fourth-order valence-electron chi connectivity index (χ4n) is 2.30. The average Bonchev–Trinajstić information content (AvgIpc) is 2.75. The number of nitrogens with one attached hydrogen (secondary N) is 1. The molecule has 1 saturated heterocycles. The summed E-state index contributed by atoms with van der Waals surface area (Å²) < 4.78 is 5.66. The number of hydrogen-bond donors (Lipinski definition) is 1. The van der Waals surface area contributed by atoms with Gasteiger partial charge in [0, 0.05) is 12.6 Å². The van der Waals surface area contributed by atoms with Crippen molar-refractivity contribution in [3.05, 3.63) is 0 Å².